The molecule has 0 saturated carbocycles. The average molecular weight is 389 g/mol. The minimum atomic E-state index is -0.464. The number of hydrogen-bond donors (Lipinski definition) is 0. The fraction of sp³-hybridized carbons (Fsp3) is 0.625. The van der Waals surface area contributed by atoms with Gasteiger partial charge in [-0.1, -0.05) is 31.2 Å². The third-order valence-corrected chi connectivity index (χ3v) is 5.03. The molecule has 1 saturated heterocycles. The zero-order valence-electron chi connectivity index (χ0n) is 19.4. The van der Waals surface area contributed by atoms with Crippen LogP contribution in [0.15, 0.2) is 46.7 Å². The van der Waals surface area contributed by atoms with E-state index in [9.17, 15) is 4.79 Å². The van der Waals surface area contributed by atoms with Gasteiger partial charge in [-0.05, 0) is 78.5 Å². The van der Waals surface area contributed by atoms with Crippen molar-refractivity contribution in [1.82, 2.24) is 9.80 Å². The van der Waals surface area contributed by atoms with Crippen molar-refractivity contribution in [3.8, 4) is 0 Å². The Balaban J connectivity index is 3.06. The van der Waals surface area contributed by atoms with Gasteiger partial charge in [0, 0.05) is 31.4 Å². The molecular formula is C24H40N2O2. The molecule has 0 spiro atoms. The van der Waals surface area contributed by atoms with Crippen LogP contribution in [-0.4, -0.2) is 47.2 Å². The van der Waals surface area contributed by atoms with E-state index in [4.69, 9.17) is 4.74 Å². The van der Waals surface area contributed by atoms with Crippen LogP contribution in [0.4, 0.5) is 4.79 Å². The predicted molar refractivity (Wildman–Crippen MR) is 119 cm³/mol. The average Bonchev–Trinajstić information content (AvgIpc) is 2.60. The summed E-state index contributed by atoms with van der Waals surface area (Å²) in [6.45, 7) is 20.9. The molecule has 158 valence electrons. The predicted octanol–water partition coefficient (Wildman–Crippen LogP) is 6.08. The van der Waals surface area contributed by atoms with Gasteiger partial charge < -0.3 is 14.5 Å². The molecule has 0 N–H and O–H groups in total. The fourth-order valence-corrected chi connectivity index (χ4v) is 3.47. The van der Waals surface area contributed by atoms with Gasteiger partial charge in [-0.25, -0.2) is 4.79 Å². The summed E-state index contributed by atoms with van der Waals surface area (Å²) in [5, 5.41) is 0. The second kappa shape index (κ2) is 10.5. The number of amides is 1. The van der Waals surface area contributed by atoms with Crippen molar-refractivity contribution in [3.05, 3.63) is 46.7 Å². The van der Waals surface area contributed by atoms with Gasteiger partial charge in [-0.2, -0.15) is 0 Å². The van der Waals surface area contributed by atoms with E-state index >= 15 is 0 Å². The number of hydrogen-bond acceptors (Lipinski definition) is 3. The van der Waals surface area contributed by atoms with Gasteiger partial charge in [-0.15, -0.1) is 0 Å². The van der Waals surface area contributed by atoms with Crippen LogP contribution in [0, 0.1) is 0 Å². The quantitative estimate of drug-likeness (QED) is 0.535. The third-order valence-electron chi connectivity index (χ3n) is 5.03. The molecule has 1 aliphatic heterocycles. The van der Waals surface area contributed by atoms with Crippen LogP contribution in [-0.2, 0) is 4.74 Å². The van der Waals surface area contributed by atoms with Crippen LogP contribution in [0.3, 0.4) is 0 Å². The summed E-state index contributed by atoms with van der Waals surface area (Å²) >= 11 is 0. The van der Waals surface area contributed by atoms with Gasteiger partial charge in [0.1, 0.15) is 5.60 Å². The summed E-state index contributed by atoms with van der Waals surface area (Å²) in [5.41, 5.74) is 4.64. The molecule has 0 radical (unpaired) electrons. The number of carbonyl (C=O) groups excluding carboxylic acids is 1. The van der Waals surface area contributed by atoms with E-state index < -0.39 is 5.60 Å². The summed E-state index contributed by atoms with van der Waals surface area (Å²) in [6, 6.07) is 0.106. The number of rotatable bonds is 5. The lowest BCUT2D eigenvalue weighted by Gasteiger charge is -2.42. The molecule has 0 aromatic rings. The van der Waals surface area contributed by atoms with Crippen molar-refractivity contribution in [2.24, 2.45) is 0 Å². The van der Waals surface area contributed by atoms with E-state index in [2.05, 4.69) is 70.7 Å². The Morgan fingerprint density at radius 2 is 1.79 bits per heavy atom. The Kier molecular flexibility index (Phi) is 9.06. The molecule has 1 atom stereocenters. The maximum absolute atomic E-state index is 12.5. The van der Waals surface area contributed by atoms with Crippen molar-refractivity contribution in [2.45, 2.75) is 80.4 Å². The normalized spacial score (nSPS) is 20.5. The zero-order valence-corrected chi connectivity index (χ0v) is 19.4. The van der Waals surface area contributed by atoms with Crippen molar-refractivity contribution in [3.63, 3.8) is 0 Å². The van der Waals surface area contributed by atoms with Gasteiger partial charge in [0.25, 0.3) is 0 Å². The SMILES string of the molecule is C\C=C(C)/C(C(/C)=C\C=C\CC)=C(/C)N1CCN(C(=O)OC(C)(C)C)C(C)C1. The first-order valence-electron chi connectivity index (χ1n) is 10.4. The molecule has 0 aromatic heterocycles. The van der Waals surface area contributed by atoms with E-state index in [1.165, 1.54) is 22.4 Å². The lowest BCUT2D eigenvalue weighted by molar-refractivity contribution is 0.00492. The Morgan fingerprint density at radius 3 is 2.29 bits per heavy atom. The molecule has 4 nitrogen and oxygen atoms in total. The van der Waals surface area contributed by atoms with E-state index in [0.717, 1.165) is 19.5 Å². The van der Waals surface area contributed by atoms with Gasteiger partial charge in [0.2, 0.25) is 0 Å². The van der Waals surface area contributed by atoms with Crippen molar-refractivity contribution < 1.29 is 9.53 Å². The summed E-state index contributed by atoms with van der Waals surface area (Å²) < 4.78 is 5.57. The molecule has 1 heterocycles. The summed E-state index contributed by atoms with van der Waals surface area (Å²) in [6.07, 6.45) is 9.48. The molecular weight excluding hydrogens is 348 g/mol. The third kappa shape index (κ3) is 6.88. The highest BCUT2D eigenvalue weighted by Gasteiger charge is 2.31. The maximum Gasteiger partial charge on any atom is 0.410 e. The van der Waals surface area contributed by atoms with Gasteiger partial charge in [0.15, 0.2) is 0 Å². The molecule has 0 bridgehead atoms. The molecule has 1 amide bonds. The molecule has 4 heteroatoms. The molecule has 0 aliphatic carbocycles. The first kappa shape index (κ1) is 24.1. The smallest absolute Gasteiger partial charge is 0.410 e. The highest BCUT2D eigenvalue weighted by atomic mass is 16.6. The van der Waals surface area contributed by atoms with E-state index in [1.807, 2.05) is 25.7 Å². The number of nitrogens with zero attached hydrogens (tertiary/aromatic N) is 2. The van der Waals surface area contributed by atoms with Gasteiger partial charge >= 0.3 is 6.09 Å². The highest BCUT2D eigenvalue weighted by Crippen LogP contribution is 2.27. The summed E-state index contributed by atoms with van der Waals surface area (Å²) in [5.74, 6) is 0. The standard InChI is InChI=1S/C24H40N2O2/c1-10-12-13-14-19(4)22(18(3)11-2)21(6)25-15-16-26(20(5)17-25)23(27)28-24(7,8)9/h11-14,20H,10,15-17H2,1-9H3/b13-12+,18-11-,19-14-,22-21+. The zero-order chi connectivity index (χ0) is 21.5. The van der Waals surface area contributed by atoms with E-state index in [0.29, 0.717) is 6.54 Å². The lowest BCUT2D eigenvalue weighted by Crippen LogP contribution is -2.54. The Bertz CT molecular complexity index is 663. The maximum atomic E-state index is 12.5. The lowest BCUT2D eigenvalue weighted by atomic mass is 9.96. The van der Waals surface area contributed by atoms with Gasteiger partial charge in [0.05, 0.1) is 0 Å². The molecule has 1 aliphatic rings. The van der Waals surface area contributed by atoms with Crippen LogP contribution in [0.25, 0.3) is 0 Å². The van der Waals surface area contributed by atoms with Crippen LogP contribution >= 0.6 is 0 Å². The topological polar surface area (TPSA) is 32.8 Å². The van der Waals surface area contributed by atoms with E-state index in [1.54, 1.807) is 0 Å². The Hall–Kier alpha value is -1.97. The van der Waals surface area contributed by atoms with Crippen molar-refractivity contribution in [1.29, 1.82) is 0 Å². The fourth-order valence-electron chi connectivity index (χ4n) is 3.47. The van der Waals surface area contributed by atoms with Gasteiger partial charge in [-0.3, -0.25) is 0 Å². The second-order valence-corrected chi connectivity index (χ2v) is 8.59. The first-order valence-corrected chi connectivity index (χ1v) is 10.4. The minimum Gasteiger partial charge on any atom is -0.444 e. The molecule has 0 aromatic carbocycles. The number of piperazine rings is 1. The highest BCUT2D eigenvalue weighted by molar-refractivity contribution is 5.68. The molecule has 1 unspecified atom stereocenters. The second-order valence-electron chi connectivity index (χ2n) is 8.59. The monoisotopic (exact) mass is 388 g/mol. The van der Waals surface area contributed by atoms with E-state index in [-0.39, 0.29) is 12.1 Å². The summed E-state index contributed by atoms with van der Waals surface area (Å²) in [4.78, 5) is 16.7. The molecule has 28 heavy (non-hydrogen) atoms. The van der Waals surface area contributed by atoms with Crippen molar-refractivity contribution in [2.75, 3.05) is 19.6 Å². The number of allylic oxidation sites excluding steroid dienone is 8. The van der Waals surface area contributed by atoms with Crippen LogP contribution in [0.1, 0.15) is 68.7 Å². The number of carbonyl (C=O) groups is 1. The largest absolute Gasteiger partial charge is 0.444 e. The Morgan fingerprint density at radius 1 is 1.14 bits per heavy atom. The minimum absolute atomic E-state index is 0.106. The first-order chi connectivity index (χ1) is 13.0. The summed E-state index contributed by atoms with van der Waals surface area (Å²) in [7, 11) is 0. The molecule has 1 fully saturated rings. The van der Waals surface area contributed by atoms with Crippen molar-refractivity contribution >= 4 is 6.09 Å². The Labute approximate surface area is 172 Å². The molecule has 1 rings (SSSR count). The van der Waals surface area contributed by atoms with Crippen LogP contribution in [0.2, 0.25) is 0 Å². The van der Waals surface area contributed by atoms with Crippen LogP contribution < -0.4 is 0 Å². The number of ether oxygens (including phenoxy) is 1. The van der Waals surface area contributed by atoms with Crippen LogP contribution in [0.5, 0.6) is 0 Å².